The highest BCUT2D eigenvalue weighted by atomic mass is 35.5. The summed E-state index contributed by atoms with van der Waals surface area (Å²) in [4.78, 5) is 15.8. The van der Waals surface area contributed by atoms with E-state index in [1.807, 2.05) is 6.92 Å². The summed E-state index contributed by atoms with van der Waals surface area (Å²) in [5, 5.41) is 9.65. The minimum absolute atomic E-state index is 0.174. The third-order valence-electron chi connectivity index (χ3n) is 2.36. The lowest BCUT2D eigenvalue weighted by atomic mass is 10.2. The number of rotatable bonds is 3. The summed E-state index contributed by atoms with van der Waals surface area (Å²) in [6.07, 6.45) is 2.44. The Morgan fingerprint density at radius 3 is 2.67 bits per heavy atom. The quantitative estimate of drug-likeness (QED) is 0.852. The maximum absolute atomic E-state index is 12.0. The van der Waals surface area contributed by atoms with Gasteiger partial charge in [-0.25, -0.2) is 4.98 Å². The molecule has 94 valence electrons. The molecule has 7 heteroatoms. The van der Waals surface area contributed by atoms with Crippen molar-refractivity contribution in [3.63, 3.8) is 0 Å². The van der Waals surface area contributed by atoms with Crippen LogP contribution < -0.4 is 5.32 Å². The first-order valence-corrected chi connectivity index (χ1v) is 6.02. The van der Waals surface area contributed by atoms with E-state index in [2.05, 4.69) is 20.5 Å². The number of anilines is 1. The van der Waals surface area contributed by atoms with Gasteiger partial charge in [0.1, 0.15) is 16.1 Å². The first-order chi connectivity index (χ1) is 8.60. The van der Waals surface area contributed by atoms with E-state index < -0.39 is 0 Å². The Bertz CT molecular complexity index is 562. The number of H-pyrrole nitrogens is 1. The normalized spacial score (nSPS) is 10.4. The number of nitrogens with zero attached hydrogens (tertiary/aromatic N) is 2. The van der Waals surface area contributed by atoms with Gasteiger partial charge in [0.2, 0.25) is 0 Å². The van der Waals surface area contributed by atoms with Crippen molar-refractivity contribution in [1.29, 1.82) is 0 Å². The number of nitrogens with one attached hydrogen (secondary N) is 2. The Morgan fingerprint density at radius 2 is 2.06 bits per heavy atom. The van der Waals surface area contributed by atoms with Crippen LogP contribution in [-0.4, -0.2) is 21.1 Å². The van der Waals surface area contributed by atoms with Gasteiger partial charge in [-0.05, 0) is 18.6 Å². The molecule has 0 aliphatic heterocycles. The Kier molecular flexibility index (Phi) is 3.84. The molecule has 2 heterocycles. The number of aryl methyl sites for hydroxylation is 1. The second kappa shape index (κ2) is 5.37. The van der Waals surface area contributed by atoms with Crippen LogP contribution in [-0.2, 0) is 6.42 Å². The summed E-state index contributed by atoms with van der Waals surface area (Å²) in [5.74, 6) is 0.256. The molecule has 1 amide bonds. The number of amides is 1. The molecule has 0 bridgehead atoms. The highest BCUT2D eigenvalue weighted by Crippen LogP contribution is 2.17. The maximum atomic E-state index is 12.0. The summed E-state index contributed by atoms with van der Waals surface area (Å²) < 4.78 is 0. The van der Waals surface area contributed by atoms with Gasteiger partial charge in [-0.2, -0.15) is 5.10 Å². The van der Waals surface area contributed by atoms with E-state index in [4.69, 9.17) is 23.2 Å². The van der Waals surface area contributed by atoms with Crippen molar-refractivity contribution in [2.75, 3.05) is 5.32 Å². The van der Waals surface area contributed by atoms with Crippen molar-refractivity contribution in [1.82, 2.24) is 15.2 Å². The van der Waals surface area contributed by atoms with Gasteiger partial charge >= 0.3 is 0 Å². The Balaban J connectivity index is 2.22. The molecule has 2 aromatic heterocycles. The van der Waals surface area contributed by atoms with Gasteiger partial charge in [0.15, 0.2) is 0 Å². The lowest BCUT2D eigenvalue weighted by molar-refractivity contribution is 0.102. The molecule has 0 saturated carbocycles. The van der Waals surface area contributed by atoms with Crippen molar-refractivity contribution < 1.29 is 4.79 Å². The van der Waals surface area contributed by atoms with Gasteiger partial charge in [0.25, 0.3) is 5.91 Å². The van der Waals surface area contributed by atoms with Gasteiger partial charge in [-0.1, -0.05) is 30.1 Å². The number of aromatic amines is 1. The zero-order valence-corrected chi connectivity index (χ0v) is 11.0. The summed E-state index contributed by atoms with van der Waals surface area (Å²) in [5.41, 5.74) is 1.27. The van der Waals surface area contributed by atoms with Gasteiger partial charge < -0.3 is 5.32 Å². The molecular formula is C11H10Cl2N4O. The summed E-state index contributed by atoms with van der Waals surface area (Å²) in [6, 6.07) is 2.90. The summed E-state index contributed by atoms with van der Waals surface area (Å²) in [6.45, 7) is 1.97. The predicted molar refractivity (Wildman–Crippen MR) is 70.2 cm³/mol. The lowest BCUT2D eigenvalue weighted by Gasteiger charge is -2.05. The van der Waals surface area contributed by atoms with Crippen LogP contribution in [0.1, 0.15) is 22.8 Å². The minimum Gasteiger partial charge on any atom is -0.307 e. The number of aromatic nitrogens is 3. The van der Waals surface area contributed by atoms with Crippen LogP contribution in [0.25, 0.3) is 0 Å². The van der Waals surface area contributed by atoms with Crippen molar-refractivity contribution in [2.45, 2.75) is 13.3 Å². The molecule has 0 aromatic carbocycles. The zero-order chi connectivity index (χ0) is 13.1. The van der Waals surface area contributed by atoms with Gasteiger partial charge in [-0.3, -0.25) is 9.89 Å². The topological polar surface area (TPSA) is 70.7 Å². The van der Waals surface area contributed by atoms with E-state index in [1.165, 1.54) is 12.1 Å². The van der Waals surface area contributed by atoms with Crippen LogP contribution in [0.4, 0.5) is 5.82 Å². The molecule has 0 radical (unpaired) electrons. The van der Waals surface area contributed by atoms with Crippen molar-refractivity contribution in [3.8, 4) is 0 Å². The standard InChI is InChI=1S/C11H10Cl2N4O/c1-2-6-5-14-17-10(6)16-11(18)7-3-8(12)15-9(13)4-7/h3-5H,2H2,1H3,(H2,14,16,17,18). The predicted octanol–water partition coefficient (Wildman–Crippen LogP) is 2.93. The molecule has 18 heavy (non-hydrogen) atoms. The second-order valence-corrected chi connectivity index (χ2v) is 4.35. The molecular weight excluding hydrogens is 275 g/mol. The molecule has 2 aromatic rings. The van der Waals surface area contributed by atoms with E-state index in [9.17, 15) is 4.79 Å². The number of hydrogen-bond donors (Lipinski definition) is 2. The molecule has 2 rings (SSSR count). The van der Waals surface area contributed by atoms with Gasteiger partial charge in [0, 0.05) is 11.1 Å². The molecule has 0 unspecified atom stereocenters. The van der Waals surface area contributed by atoms with Gasteiger partial charge in [0.05, 0.1) is 6.20 Å². The largest absolute Gasteiger partial charge is 0.307 e. The molecule has 0 fully saturated rings. The number of halogens is 2. The average Bonchev–Trinajstić information content (AvgIpc) is 2.75. The molecule has 0 saturated heterocycles. The molecule has 2 N–H and O–H groups in total. The fourth-order valence-electron chi connectivity index (χ4n) is 1.47. The van der Waals surface area contributed by atoms with E-state index in [0.29, 0.717) is 11.4 Å². The number of carbonyl (C=O) groups excluding carboxylic acids is 1. The third-order valence-corrected chi connectivity index (χ3v) is 2.75. The SMILES string of the molecule is CCc1cn[nH]c1NC(=O)c1cc(Cl)nc(Cl)c1. The Morgan fingerprint density at radius 1 is 1.39 bits per heavy atom. The van der Waals surface area contributed by atoms with Crippen LogP contribution in [0.3, 0.4) is 0 Å². The van der Waals surface area contributed by atoms with E-state index >= 15 is 0 Å². The lowest BCUT2D eigenvalue weighted by Crippen LogP contribution is -2.13. The van der Waals surface area contributed by atoms with Crippen LogP contribution in [0.2, 0.25) is 10.3 Å². The maximum Gasteiger partial charge on any atom is 0.257 e. The summed E-state index contributed by atoms with van der Waals surface area (Å²) >= 11 is 11.5. The minimum atomic E-state index is -0.319. The highest BCUT2D eigenvalue weighted by molar-refractivity contribution is 6.33. The number of pyridine rings is 1. The number of hydrogen-bond acceptors (Lipinski definition) is 3. The van der Waals surface area contributed by atoms with Crippen molar-refractivity contribution >= 4 is 34.9 Å². The molecule has 0 aliphatic rings. The van der Waals surface area contributed by atoms with Crippen molar-refractivity contribution in [2.24, 2.45) is 0 Å². The first kappa shape index (κ1) is 12.9. The van der Waals surface area contributed by atoms with E-state index in [1.54, 1.807) is 6.20 Å². The fraction of sp³-hybridized carbons (Fsp3) is 0.182. The monoisotopic (exact) mass is 284 g/mol. The zero-order valence-electron chi connectivity index (χ0n) is 9.50. The smallest absolute Gasteiger partial charge is 0.257 e. The van der Waals surface area contributed by atoms with Crippen LogP contribution in [0.5, 0.6) is 0 Å². The number of carbonyl (C=O) groups is 1. The fourth-order valence-corrected chi connectivity index (χ4v) is 1.93. The van der Waals surface area contributed by atoms with Gasteiger partial charge in [-0.15, -0.1) is 0 Å². The van der Waals surface area contributed by atoms with Crippen LogP contribution in [0.15, 0.2) is 18.3 Å². The Labute approximate surface area is 114 Å². The van der Waals surface area contributed by atoms with E-state index in [0.717, 1.165) is 12.0 Å². The molecule has 5 nitrogen and oxygen atoms in total. The second-order valence-electron chi connectivity index (χ2n) is 3.58. The summed E-state index contributed by atoms with van der Waals surface area (Å²) in [7, 11) is 0. The Hall–Kier alpha value is -1.59. The third kappa shape index (κ3) is 2.80. The molecule has 0 atom stereocenters. The average molecular weight is 285 g/mol. The molecule has 0 aliphatic carbocycles. The molecule has 0 spiro atoms. The van der Waals surface area contributed by atoms with Crippen molar-refractivity contribution in [3.05, 3.63) is 39.8 Å². The first-order valence-electron chi connectivity index (χ1n) is 5.27. The van der Waals surface area contributed by atoms with Crippen LogP contribution in [0, 0.1) is 0 Å². The van der Waals surface area contributed by atoms with Crippen LogP contribution >= 0.6 is 23.2 Å². The van der Waals surface area contributed by atoms with E-state index in [-0.39, 0.29) is 16.2 Å². The highest BCUT2D eigenvalue weighted by Gasteiger charge is 2.11.